The van der Waals surface area contributed by atoms with Gasteiger partial charge in [0.2, 0.25) is 5.95 Å². The van der Waals surface area contributed by atoms with Gasteiger partial charge in [-0.15, -0.1) is 0 Å². The van der Waals surface area contributed by atoms with E-state index in [1.54, 1.807) is 0 Å². The van der Waals surface area contributed by atoms with Gasteiger partial charge in [-0.3, -0.25) is 0 Å². The third kappa shape index (κ3) is 2.47. The van der Waals surface area contributed by atoms with E-state index in [1.807, 2.05) is 24.0 Å². The van der Waals surface area contributed by atoms with E-state index in [0.717, 1.165) is 18.9 Å². The molecule has 1 aromatic rings. The van der Waals surface area contributed by atoms with Gasteiger partial charge in [-0.2, -0.15) is 0 Å². The van der Waals surface area contributed by atoms with Crippen LogP contribution in [0.5, 0.6) is 0 Å². The smallest absolute Gasteiger partial charge is 0.205 e. The Morgan fingerprint density at radius 1 is 1.73 bits per heavy atom. The van der Waals surface area contributed by atoms with Crippen LogP contribution in [0.25, 0.3) is 0 Å². The second-order valence-electron chi connectivity index (χ2n) is 3.98. The van der Waals surface area contributed by atoms with Crippen molar-refractivity contribution in [1.29, 1.82) is 0 Å². The van der Waals surface area contributed by atoms with Gasteiger partial charge in [0.1, 0.15) is 0 Å². The van der Waals surface area contributed by atoms with Crippen molar-refractivity contribution >= 4 is 23.2 Å². The molecule has 15 heavy (non-hydrogen) atoms. The number of thiocarbonyl (C=S) groups is 1. The van der Waals surface area contributed by atoms with Crippen LogP contribution in [0.1, 0.15) is 19.3 Å². The van der Waals surface area contributed by atoms with Gasteiger partial charge < -0.3 is 15.2 Å². The molecule has 0 aromatic carbocycles. The van der Waals surface area contributed by atoms with Gasteiger partial charge in [0.05, 0.1) is 4.99 Å². The molecule has 1 heterocycles. The Hall–Kier alpha value is -1.10. The van der Waals surface area contributed by atoms with Crippen molar-refractivity contribution in [1.82, 2.24) is 9.55 Å². The minimum atomic E-state index is 0.579. The van der Waals surface area contributed by atoms with Crippen molar-refractivity contribution in [3.8, 4) is 0 Å². The van der Waals surface area contributed by atoms with Gasteiger partial charge in [-0.05, 0) is 12.8 Å². The molecule has 0 aliphatic heterocycles. The average molecular weight is 224 g/mol. The van der Waals surface area contributed by atoms with Gasteiger partial charge >= 0.3 is 0 Å². The SMILES string of the molecule is Cn1ccnc1N(CCC(N)=S)C1CC1. The molecule has 1 saturated carbocycles. The van der Waals surface area contributed by atoms with Crippen molar-refractivity contribution in [3.63, 3.8) is 0 Å². The summed E-state index contributed by atoms with van der Waals surface area (Å²) in [6, 6.07) is 0.639. The zero-order valence-electron chi connectivity index (χ0n) is 8.89. The molecule has 1 aliphatic rings. The van der Waals surface area contributed by atoms with Crippen molar-refractivity contribution in [2.75, 3.05) is 11.4 Å². The number of hydrogen-bond donors (Lipinski definition) is 1. The Bertz CT molecular complexity index is 356. The highest BCUT2D eigenvalue weighted by molar-refractivity contribution is 7.80. The second-order valence-corrected chi connectivity index (χ2v) is 4.50. The summed E-state index contributed by atoms with van der Waals surface area (Å²) in [5, 5.41) is 0. The standard InChI is InChI=1S/C10H16N4S/c1-13-7-5-12-10(13)14(8-2-3-8)6-4-9(11)15/h5,7-8H,2-4,6H2,1H3,(H2,11,15). The summed E-state index contributed by atoms with van der Waals surface area (Å²) in [4.78, 5) is 7.24. The maximum Gasteiger partial charge on any atom is 0.205 e. The van der Waals surface area contributed by atoms with E-state index in [1.165, 1.54) is 12.8 Å². The Morgan fingerprint density at radius 3 is 2.93 bits per heavy atom. The molecule has 0 bridgehead atoms. The highest BCUT2D eigenvalue weighted by Crippen LogP contribution is 2.30. The molecule has 82 valence electrons. The second kappa shape index (κ2) is 4.18. The summed E-state index contributed by atoms with van der Waals surface area (Å²) in [5.41, 5.74) is 5.53. The molecule has 0 amide bonds. The Morgan fingerprint density at radius 2 is 2.47 bits per heavy atom. The number of rotatable bonds is 5. The zero-order chi connectivity index (χ0) is 10.8. The summed E-state index contributed by atoms with van der Waals surface area (Å²) >= 11 is 4.91. The van der Waals surface area contributed by atoms with Gasteiger partial charge in [-0.25, -0.2) is 4.98 Å². The Kier molecular flexibility index (Phi) is 2.90. The maximum absolute atomic E-state index is 5.53. The number of aryl methyl sites for hydroxylation is 1. The van der Waals surface area contributed by atoms with Crippen LogP contribution in [-0.2, 0) is 7.05 Å². The first-order valence-electron chi connectivity index (χ1n) is 5.21. The lowest BCUT2D eigenvalue weighted by molar-refractivity contribution is 0.735. The Balaban J connectivity index is 2.06. The van der Waals surface area contributed by atoms with Crippen LogP contribution in [-0.4, -0.2) is 27.1 Å². The molecule has 0 saturated heterocycles. The number of anilines is 1. The van der Waals surface area contributed by atoms with Gasteiger partial charge in [-0.1, -0.05) is 12.2 Å². The van der Waals surface area contributed by atoms with E-state index < -0.39 is 0 Å². The lowest BCUT2D eigenvalue weighted by atomic mass is 10.4. The minimum absolute atomic E-state index is 0.579. The van der Waals surface area contributed by atoms with Crippen LogP contribution in [0.3, 0.4) is 0 Å². The van der Waals surface area contributed by atoms with E-state index in [2.05, 4.69) is 9.88 Å². The zero-order valence-corrected chi connectivity index (χ0v) is 9.70. The van der Waals surface area contributed by atoms with E-state index in [4.69, 9.17) is 18.0 Å². The van der Waals surface area contributed by atoms with Crippen LogP contribution in [0.2, 0.25) is 0 Å². The average Bonchev–Trinajstić information content (AvgIpc) is 2.92. The summed E-state index contributed by atoms with van der Waals surface area (Å²) in [6.45, 7) is 0.880. The normalized spacial score (nSPS) is 15.3. The molecule has 0 radical (unpaired) electrons. The quantitative estimate of drug-likeness (QED) is 0.760. The summed E-state index contributed by atoms with van der Waals surface area (Å²) < 4.78 is 2.04. The van der Waals surface area contributed by atoms with Crippen LogP contribution in [0, 0.1) is 0 Å². The largest absolute Gasteiger partial charge is 0.393 e. The van der Waals surface area contributed by atoms with Crippen molar-refractivity contribution in [2.24, 2.45) is 12.8 Å². The molecule has 2 rings (SSSR count). The van der Waals surface area contributed by atoms with E-state index >= 15 is 0 Å². The number of nitrogens with two attached hydrogens (primary N) is 1. The van der Waals surface area contributed by atoms with Crippen molar-refractivity contribution < 1.29 is 0 Å². The van der Waals surface area contributed by atoms with Crippen molar-refractivity contribution in [2.45, 2.75) is 25.3 Å². The molecule has 5 heteroatoms. The van der Waals surface area contributed by atoms with Gasteiger partial charge in [0.15, 0.2) is 0 Å². The Labute approximate surface area is 95.1 Å². The lowest BCUT2D eigenvalue weighted by Crippen LogP contribution is -2.31. The van der Waals surface area contributed by atoms with Gasteiger partial charge in [0.25, 0.3) is 0 Å². The molecule has 1 aliphatic carbocycles. The number of imidazole rings is 1. The van der Waals surface area contributed by atoms with Crippen LogP contribution in [0.4, 0.5) is 5.95 Å². The molecule has 0 spiro atoms. The maximum atomic E-state index is 5.53. The van der Waals surface area contributed by atoms with E-state index in [-0.39, 0.29) is 0 Å². The molecule has 4 nitrogen and oxygen atoms in total. The third-order valence-corrected chi connectivity index (χ3v) is 2.84. The van der Waals surface area contributed by atoms with Crippen LogP contribution < -0.4 is 10.6 Å². The summed E-state index contributed by atoms with van der Waals surface area (Å²) in [7, 11) is 2.01. The predicted molar refractivity (Wildman–Crippen MR) is 65.0 cm³/mol. The third-order valence-electron chi connectivity index (χ3n) is 2.64. The van der Waals surface area contributed by atoms with E-state index in [9.17, 15) is 0 Å². The molecule has 1 fully saturated rings. The fraction of sp³-hybridized carbons (Fsp3) is 0.600. The topological polar surface area (TPSA) is 47.1 Å². The van der Waals surface area contributed by atoms with Crippen LogP contribution >= 0.6 is 12.2 Å². The monoisotopic (exact) mass is 224 g/mol. The lowest BCUT2D eigenvalue weighted by Gasteiger charge is -2.23. The number of nitrogens with zero attached hydrogens (tertiary/aromatic N) is 3. The first kappa shape index (κ1) is 10.4. The molecule has 2 N–H and O–H groups in total. The minimum Gasteiger partial charge on any atom is -0.393 e. The van der Waals surface area contributed by atoms with Crippen LogP contribution in [0.15, 0.2) is 12.4 Å². The fourth-order valence-corrected chi connectivity index (χ4v) is 1.79. The molecule has 0 atom stereocenters. The molecular formula is C10H16N4S. The summed E-state index contributed by atoms with van der Waals surface area (Å²) in [6.07, 6.45) is 7.06. The molecule has 0 unspecified atom stereocenters. The fourth-order valence-electron chi connectivity index (χ4n) is 1.70. The number of aromatic nitrogens is 2. The molecular weight excluding hydrogens is 208 g/mol. The predicted octanol–water partition coefficient (Wildman–Crippen LogP) is 1.07. The first-order chi connectivity index (χ1) is 7.18. The van der Waals surface area contributed by atoms with E-state index in [0.29, 0.717) is 11.0 Å². The van der Waals surface area contributed by atoms with Gasteiger partial charge in [0, 0.05) is 38.4 Å². The summed E-state index contributed by atoms with van der Waals surface area (Å²) in [5.74, 6) is 1.02. The number of hydrogen-bond acceptors (Lipinski definition) is 3. The van der Waals surface area contributed by atoms with Crippen molar-refractivity contribution in [3.05, 3.63) is 12.4 Å². The molecule has 1 aromatic heterocycles. The highest BCUT2D eigenvalue weighted by atomic mass is 32.1. The highest BCUT2D eigenvalue weighted by Gasteiger charge is 2.30. The first-order valence-corrected chi connectivity index (χ1v) is 5.61.